The van der Waals surface area contributed by atoms with E-state index in [-0.39, 0.29) is 16.1 Å². The first-order valence-electron chi connectivity index (χ1n) is 9.88. The van der Waals surface area contributed by atoms with Crippen LogP contribution in [0.15, 0.2) is 57.0 Å². The largest absolute Gasteiger partial charge is 0.497 e. The number of thioether (sulfide) groups is 1. The van der Waals surface area contributed by atoms with Gasteiger partial charge in [-0.25, -0.2) is 13.4 Å². The van der Waals surface area contributed by atoms with Crippen molar-refractivity contribution >= 4 is 44.5 Å². The van der Waals surface area contributed by atoms with Gasteiger partial charge in [-0.2, -0.15) is 0 Å². The van der Waals surface area contributed by atoms with Gasteiger partial charge in [0.1, 0.15) is 11.3 Å². The molecule has 0 aliphatic carbocycles. The molecule has 1 aliphatic rings. The van der Waals surface area contributed by atoms with Gasteiger partial charge in [0.25, 0.3) is 15.2 Å². The van der Waals surface area contributed by atoms with Crippen LogP contribution >= 0.6 is 11.8 Å². The number of hydrogen-bond donors (Lipinski definition) is 1. The van der Waals surface area contributed by atoms with E-state index in [9.17, 15) is 13.2 Å². The highest BCUT2D eigenvalue weighted by atomic mass is 32.2. The minimum absolute atomic E-state index is 0.0664. The normalized spacial score (nSPS) is 15.2. The van der Waals surface area contributed by atoms with Crippen molar-refractivity contribution in [2.45, 2.75) is 35.1 Å². The molecule has 3 aromatic rings. The molecule has 4 rings (SSSR count). The quantitative estimate of drug-likeness (QED) is 0.535. The number of nitrogens with one attached hydrogen (secondary N) is 1. The number of benzene rings is 2. The van der Waals surface area contributed by atoms with Crippen LogP contribution in [-0.2, 0) is 14.8 Å². The van der Waals surface area contributed by atoms with E-state index in [0.717, 1.165) is 25.9 Å². The Kier molecular flexibility index (Phi) is 6.10. The molecular formula is C21H23N3O5S2. The van der Waals surface area contributed by atoms with Crippen molar-refractivity contribution in [1.29, 1.82) is 0 Å². The van der Waals surface area contributed by atoms with Crippen molar-refractivity contribution in [3.8, 4) is 5.75 Å². The summed E-state index contributed by atoms with van der Waals surface area (Å²) in [5.74, 6) is 0.700. The number of sulfonamides is 1. The second kappa shape index (κ2) is 8.80. The maximum atomic E-state index is 12.8. The molecule has 31 heavy (non-hydrogen) atoms. The minimum Gasteiger partial charge on any atom is -0.497 e. The SMILES string of the molecule is COc1ccc(NS(=O)(=O)c2ccc3oc(SC(C)C(=O)N4CCCC4)nc3c2)cc1. The van der Waals surface area contributed by atoms with Crippen molar-refractivity contribution in [3.63, 3.8) is 0 Å². The van der Waals surface area contributed by atoms with E-state index in [1.807, 2.05) is 11.8 Å². The van der Waals surface area contributed by atoms with Crippen LogP contribution in [0.5, 0.6) is 5.75 Å². The highest BCUT2D eigenvalue weighted by molar-refractivity contribution is 8.00. The maximum Gasteiger partial charge on any atom is 0.261 e. The number of anilines is 1. The Balaban J connectivity index is 1.50. The van der Waals surface area contributed by atoms with Gasteiger partial charge in [-0.15, -0.1) is 0 Å². The fourth-order valence-electron chi connectivity index (χ4n) is 3.37. The summed E-state index contributed by atoms with van der Waals surface area (Å²) in [6.07, 6.45) is 2.07. The number of ether oxygens (including phenoxy) is 1. The summed E-state index contributed by atoms with van der Waals surface area (Å²) in [7, 11) is -2.26. The number of aromatic nitrogens is 1. The van der Waals surface area contributed by atoms with Crippen LogP contribution in [0.4, 0.5) is 5.69 Å². The summed E-state index contributed by atoms with van der Waals surface area (Å²) in [6.45, 7) is 3.41. The number of fused-ring (bicyclic) bond motifs is 1. The summed E-state index contributed by atoms with van der Waals surface area (Å²) in [5.41, 5.74) is 1.30. The first kappa shape index (κ1) is 21.5. The molecule has 1 aromatic heterocycles. The number of rotatable bonds is 7. The third-order valence-electron chi connectivity index (χ3n) is 5.04. The van der Waals surface area contributed by atoms with Crippen molar-refractivity contribution in [1.82, 2.24) is 9.88 Å². The standard InChI is InChI=1S/C21H23N3O5S2/c1-14(20(25)24-11-3-4-12-24)30-21-22-18-13-17(9-10-19(18)29-21)31(26,27)23-15-5-7-16(28-2)8-6-15/h5-10,13-14,23H,3-4,11-12H2,1-2H3. The molecule has 8 nitrogen and oxygen atoms in total. The van der Waals surface area contributed by atoms with Crippen LogP contribution in [0.3, 0.4) is 0 Å². The maximum absolute atomic E-state index is 12.8. The second-order valence-electron chi connectivity index (χ2n) is 7.24. The monoisotopic (exact) mass is 461 g/mol. The van der Waals surface area contributed by atoms with Gasteiger partial charge < -0.3 is 14.1 Å². The van der Waals surface area contributed by atoms with Crippen LogP contribution in [0.1, 0.15) is 19.8 Å². The minimum atomic E-state index is -3.80. The molecule has 1 amide bonds. The van der Waals surface area contributed by atoms with Gasteiger partial charge in [0.05, 0.1) is 17.3 Å². The van der Waals surface area contributed by atoms with Gasteiger partial charge in [-0.3, -0.25) is 9.52 Å². The van der Waals surface area contributed by atoms with E-state index in [1.54, 1.807) is 37.4 Å². The molecule has 1 saturated heterocycles. The molecule has 0 bridgehead atoms. The molecule has 1 fully saturated rings. The van der Waals surface area contributed by atoms with E-state index >= 15 is 0 Å². The van der Waals surface area contributed by atoms with Crippen molar-refractivity contribution in [2.75, 3.05) is 24.9 Å². The average Bonchev–Trinajstić information content (AvgIpc) is 3.42. The van der Waals surface area contributed by atoms with E-state index < -0.39 is 10.0 Å². The Hall–Kier alpha value is -2.72. The first-order chi connectivity index (χ1) is 14.9. The molecule has 1 aliphatic heterocycles. The lowest BCUT2D eigenvalue weighted by molar-refractivity contribution is -0.129. The highest BCUT2D eigenvalue weighted by Gasteiger charge is 2.26. The smallest absolute Gasteiger partial charge is 0.261 e. The van der Waals surface area contributed by atoms with Gasteiger partial charge in [-0.1, -0.05) is 11.8 Å². The Bertz CT molecular complexity index is 1190. The Morgan fingerprint density at radius 1 is 1.19 bits per heavy atom. The van der Waals surface area contributed by atoms with Crippen molar-refractivity contribution in [2.24, 2.45) is 0 Å². The fourth-order valence-corrected chi connectivity index (χ4v) is 5.29. The van der Waals surface area contributed by atoms with E-state index in [4.69, 9.17) is 9.15 Å². The molecule has 0 saturated carbocycles. The number of carbonyl (C=O) groups excluding carboxylic acids is 1. The Morgan fingerprint density at radius 2 is 1.90 bits per heavy atom. The van der Waals surface area contributed by atoms with E-state index in [2.05, 4.69) is 9.71 Å². The number of carbonyl (C=O) groups is 1. The topological polar surface area (TPSA) is 102 Å². The third kappa shape index (κ3) is 4.80. The predicted molar refractivity (Wildman–Crippen MR) is 119 cm³/mol. The molecule has 1 unspecified atom stereocenters. The van der Waals surface area contributed by atoms with Crippen LogP contribution < -0.4 is 9.46 Å². The number of amides is 1. The number of hydrogen-bond acceptors (Lipinski definition) is 7. The molecule has 0 radical (unpaired) electrons. The Labute approximate surface area is 185 Å². The highest BCUT2D eigenvalue weighted by Crippen LogP contribution is 2.30. The summed E-state index contributed by atoms with van der Waals surface area (Å²) in [6, 6.07) is 11.1. The van der Waals surface area contributed by atoms with Gasteiger partial charge >= 0.3 is 0 Å². The number of oxazole rings is 1. The summed E-state index contributed by atoms with van der Waals surface area (Å²) < 4.78 is 38.9. The average molecular weight is 462 g/mol. The molecule has 164 valence electrons. The lowest BCUT2D eigenvalue weighted by Gasteiger charge is -2.18. The van der Waals surface area contributed by atoms with Crippen LogP contribution in [0.2, 0.25) is 0 Å². The number of methoxy groups -OCH3 is 1. The zero-order valence-electron chi connectivity index (χ0n) is 17.2. The zero-order valence-corrected chi connectivity index (χ0v) is 18.8. The third-order valence-corrected chi connectivity index (χ3v) is 7.35. The molecule has 2 aromatic carbocycles. The molecule has 1 N–H and O–H groups in total. The summed E-state index contributed by atoms with van der Waals surface area (Å²) in [5, 5.41) is 0.0128. The predicted octanol–water partition coefficient (Wildman–Crippen LogP) is 3.74. The first-order valence-corrected chi connectivity index (χ1v) is 12.2. The van der Waals surface area contributed by atoms with Crippen molar-refractivity contribution < 1.29 is 22.4 Å². The zero-order chi connectivity index (χ0) is 22.0. The molecule has 10 heteroatoms. The molecule has 2 heterocycles. The number of likely N-dealkylation sites (tertiary alicyclic amines) is 1. The second-order valence-corrected chi connectivity index (χ2v) is 10.2. The lowest BCUT2D eigenvalue weighted by Crippen LogP contribution is -2.34. The fraction of sp³-hybridized carbons (Fsp3) is 0.333. The van der Waals surface area contributed by atoms with Gasteiger partial charge in [0.2, 0.25) is 5.91 Å². The van der Waals surface area contributed by atoms with Crippen LogP contribution in [-0.4, -0.2) is 49.7 Å². The molecular weight excluding hydrogens is 438 g/mol. The molecule has 0 spiro atoms. The molecule has 1 atom stereocenters. The number of nitrogens with zero attached hydrogens (tertiary/aromatic N) is 2. The Morgan fingerprint density at radius 3 is 2.58 bits per heavy atom. The van der Waals surface area contributed by atoms with Crippen LogP contribution in [0.25, 0.3) is 11.1 Å². The van der Waals surface area contributed by atoms with E-state index in [0.29, 0.717) is 27.8 Å². The summed E-state index contributed by atoms with van der Waals surface area (Å²) in [4.78, 5) is 18.8. The van der Waals surface area contributed by atoms with E-state index in [1.165, 1.54) is 23.9 Å². The van der Waals surface area contributed by atoms with Gasteiger partial charge in [-0.05, 0) is 62.2 Å². The summed E-state index contributed by atoms with van der Waals surface area (Å²) >= 11 is 1.24. The lowest BCUT2D eigenvalue weighted by atomic mass is 10.3. The van der Waals surface area contributed by atoms with Crippen molar-refractivity contribution in [3.05, 3.63) is 42.5 Å². The van der Waals surface area contributed by atoms with Crippen LogP contribution in [0, 0.1) is 0 Å². The van der Waals surface area contributed by atoms with Gasteiger partial charge in [0, 0.05) is 18.8 Å². The van der Waals surface area contributed by atoms with Gasteiger partial charge in [0.15, 0.2) is 5.58 Å².